The second-order valence-corrected chi connectivity index (χ2v) is 4.58. The number of aromatic nitrogens is 1. The van der Waals surface area contributed by atoms with Crippen LogP contribution in [-0.2, 0) is 0 Å². The maximum atomic E-state index is 5.73. The van der Waals surface area contributed by atoms with Crippen LogP contribution in [-0.4, -0.2) is 12.1 Å². The fourth-order valence-electron chi connectivity index (χ4n) is 1.91. The third-order valence-electron chi connectivity index (χ3n) is 2.61. The van der Waals surface area contributed by atoms with Crippen LogP contribution in [0.3, 0.4) is 0 Å². The van der Waals surface area contributed by atoms with Gasteiger partial charge in [-0.25, -0.2) is 4.98 Å². The number of rotatable bonds is 1. The molecule has 0 fully saturated rings. The van der Waals surface area contributed by atoms with Crippen LogP contribution in [0.15, 0.2) is 30.3 Å². The molecule has 0 saturated carbocycles. The maximum absolute atomic E-state index is 5.73. The maximum Gasteiger partial charge on any atom is 0.181 e. The molecule has 80 valence electrons. The highest BCUT2D eigenvalue weighted by atomic mass is 32.1. The molecular weight excluding hydrogens is 220 g/mol. The molecule has 3 rings (SSSR count). The Morgan fingerprint density at radius 3 is 2.88 bits per heavy atom. The van der Waals surface area contributed by atoms with Crippen LogP contribution >= 0.6 is 11.3 Å². The van der Waals surface area contributed by atoms with Gasteiger partial charge in [-0.1, -0.05) is 23.5 Å². The molecule has 0 aliphatic carbocycles. The van der Waals surface area contributed by atoms with E-state index in [1.54, 1.807) is 7.11 Å². The van der Waals surface area contributed by atoms with Gasteiger partial charge in [-0.2, -0.15) is 0 Å². The molecular formula is C12H10N2OS. The molecule has 2 N–H and O–H groups in total. The predicted molar refractivity (Wildman–Crippen MR) is 68.1 cm³/mol. The van der Waals surface area contributed by atoms with Crippen molar-refractivity contribution in [2.75, 3.05) is 12.8 Å². The lowest BCUT2D eigenvalue weighted by atomic mass is 10.1. The molecule has 2 aromatic carbocycles. The van der Waals surface area contributed by atoms with Gasteiger partial charge in [0.25, 0.3) is 0 Å². The third-order valence-corrected chi connectivity index (χ3v) is 3.46. The van der Waals surface area contributed by atoms with E-state index in [1.807, 2.05) is 30.3 Å². The lowest BCUT2D eigenvalue weighted by Gasteiger charge is -2.04. The average Bonchev–Trinajstić information content (AvgIpc) is 2.69. The molecule has 1 aromatic heterocycles. The van der Waals surface area contributed by atoms with E-state index in [1.165, 1.54) is 11.3 Å². The summed E-state index contributed by atoms with van der Waals surface area (Å²) < 4.78 is 6.44. The van der Waals surface area contributed by atoms with E-state index < -0.39 is 0 Å². The van der Waals surface area contributed by atoms with Gasteiger partial charge in [0, 0.05) is 10.8 Å². The first kappa shape index (κ1) is 9.42. The molecule has 0 unspecified atom stereocenters. The number of anilines is 1. The third kappa shape index (κ3) is 1.23. The molecule has 4 heteroatoms. The van der Waals surface area contributed by atoms with Crippen LogP contribution in [0.5, 0.6) is 5.75 Å². The Morgan fingerprint density at radius 2 is 2.06 bits per heavy atom. The number of nitrogens with two attached hydrogens (primary N) is 1. The molecule has 3 aromatic rings. The van der Waals surface area contributed by atoms with Gasteiger partial charge < -0.3 is 10.5 Å². The SMILES string of the molecule is COc1cccc2c1ccc1sc(N)nc12. The van der Waals surface area contributed by atoms with Crippen molar-refractivity contribution in [3.8, 4) is 5.75 Å². The van der Waals surface area contributed by atoms with Gasteiger partial charge in [0.2, 0.25) is 0 Å². The quantitative estimate of drug-likeness (QED) is 0.699. The minimum absolute atomic E-state index is 0.602. The largest absolute Gasteiger partial charge is 0.496 e. The minimum Gasteiger partial charge on any atom is -0.496 e. The van der Waals surface area contributed by atoms with E-state index in [0.717, 1.165) is 26.7 Å². The summed E-state index contributed by atoms with van der Waals surface area (Å²) in [7, 11) is 1.67. The van der Waals surface area contributed by atoms with E-state index in [4.69, 9.17) is 10.5 Å². The number of fused-ring (bicyclic) bond motifs is 3. The monoisotopic (exact) mass is 230 g/mol. The van der Waals surface area contributed by atoms with Gasteiger partial charge >= 0.3 is 0 Å². The first-order valence-electron chi connectivity index (χ1n) is 4.91. The standard InChI is InChI=1S/C12H10N2OS/c1-15-9-4-2-3-8-7(9)5-6-10-11(8)14-12(13)16-10/h2-6H,1H3,(H2,13,14). The number of benzene rings is 2. The van der Waals surface area contributed by atoms with Gasteiger partial charge in [-0.15, -0.1) is 0 Å². The van der Waals surface area contributed by atoms with Crippen LogP contribution in [0.1, 0.15) is 0 Å². The molecule has 0 aliphatic heterocycles. The van der Waals surface area contributed by atoms with Crippen LogP contribution in [0.4, 0.5) is 5.13 Å². The average molecular weight is 230 g/mol. The zero-order valence-corrected chi connectivity index (χ0v) is 9.54. The lowest BCUT2D eigenvalue weighted by molar-refractivity contribution is 0.420. The summed E-state index contributed by atoms with van der Waals surface area (Å²) in [6.45, 7) is 0. The van der Waals surface area contributed by atoms with Gasteiger partial charge in [-0.3, -0.25) is 0 Å². The zero-order chi connectivity index (χ0) is 11.1. The minimum atomic E-state index is 0.602. The second-order valence-electron chi connectivity index (χ2n) is 3.52. The van der Waals surface area contributed by atoms with Crippen molar-refractivity contribution in [3.05, 3.63) is 30.3 Å². The molecule has 0 saturated heterocycles. The molecule has 0 amide bonds. The molecule has 1 heterocycles. The molecule has 0 spiro atoms. The van der Waals surface area contributed by atoms with E-state index in [9.17, 15) is 0 Å². The molecule has 0 radical (unpaired) electrons. The Hall–Kier alpha value is -1.81. The van der Waals surface area contributed by atoms with Crippen molar-refractivity contribution in [2.24, 2.45) is 0 Å². The van der Waals surface area contributed by atoms with E-state index >= 15 is 0 Å². The number of nitrogen functional groups attached to an aromatic ring is 1. The van der Waals surface area contributed by atoms with Crippen LogP contribution in [0.25, 0.3) is 21.0 Å². The normalized spacial score (nSPS) is 11.1. The summed E-state index contributed by atoms with van der Waals surface area (Å²) in [6.07, 6.45) is 0. The first-order chi connectivity index (χ1) is 7.79. The lowest BCUT2D eigenvalue weighted by Crippen LogP contribution is -1.85. The first-order valence-corrected chi connectivity index (χ1v) is 5.73. The number of hydrogen-bond donors (Lipinski definition) is 1. The fourth-order valence-corrected chi connectivity index (χ4v) is 2.67. The summed E-state index contributed by atoms with van der Waals surface area (Å²) in [4.78, 5) is 4.36. The highest BCUT2D eigenvalue weighted by Gasteiger charge is 2.08. The van der Waals surface area contributed by atoms with E-state index in [2.05, 4.69) is 4.98 Å². The van der Waals surface area contributed by atoms with Crippen molar-refractivity contribution in [3.63, 3.8) is 0 Å². The Labute approximate surface area is 96.5 Å². The zero-order valence-electron chi connectivity index (χ0n) is 8.73. The summed E-state index contributed by atoms with van der Waals surface area (Å²) in [5.74, 6) is 0.867. The number of nitrogens with zero attached hydrogens (tertiary/aromatic N) is 1. The van der Waals surface area contributed by atoms with Gasteiger partial charge in [0.15, 0.2) is 5.13 Å². The Kier molecular flexibility index (Phi) is 1.97. The predicted octanol–water partition coefficient (Wildman–Crippen LogP) is 3.04. The van der Waals surface area contributed by atoms with Crippen molar-refractivity contribution < 1.29 is 4.74 Å². The van der Waals surface area contributed by atoms with Crippen LogP contribution in [0, 0.1) is 0 Å². The molecule has 0 aliphatic rings. The fraction of sp³-hybridized carbons (Fsp3) is 0.0833. The highest BCUT2D eigenvalue weighted by molar-refractivity contribution is 7.22. The van der Waals surface area contributed by atoms with E-state index in [0.29, 0.717) is 5.13 Å². The van der Waals surface area contributed by atoms with Gasteiger partial charge in [-0.05, 0) is 18.2 Å². The summed E-state index contributed by atoms with van der Waals surface area (Å²) in [6, 6.07) is 10.0. The Bertz CT molecular complexity index is 675. The molecule has 0 bridgehead atoms. The van der Waals surface area contributed by atoms with Crippen LogP contribution < -0.4 is 10.5 Å². The Balaban J connectivity index is 2.51. The Morgan fingerprint density at radius 1 is 1.19 bits per heavy atom. The molecule has 0 atom stereocenters. The van der Waals surface area contributed by atoms with Crippen molar-refractivity contribution in [1.82, 2.24) is 4.98 Å². The summed E-state index contributed by atoms with van der Waals surface area (Å²) >= 11 is 1.51. The van der Waals surface area contributed by atoms with Gasteiger partial charge in [0.1, 0.15) is 5.75 Å². The molecule has 16 heavy (non-hydrogen) atoms. The second kappa shape index (κ2) is 3.35. The number of methoxy groups -OCH3 is 1. The van der Waals surface area contributed by atoms with Crippen LogP contribution in [0.2, 0.25) is 0 Å². The highest BCUT2D eigenvalue weighted by Crippen LogP contribution is 2.34. The smallest absolute Gasteiger partial charge is 0.181 e. The van der Waals surface area contributed by atoms with Gasteiger partial charge in [0.05, 0.1) is 17.3 Å². The van der Waals surface area contributed by atoms with Crippen molar-refractivity contribution >= 4 is 37.5 Å². The van der Waals surface area contributed by atoms with E-state index in [-0.39, 0.29) is 0 Å². The summed E-state index contributed by atoms with van der Waals surface area (Å²) in [5, 5.41) is 2.76. The van der Waals surface area contributed by atoms with Crippen molar-refractivity contribution in [2.45, 2.75) is 0 Å². The topological polar surface area (TPSA) is 48.1 Å². The van der Waals surface area contributed by atoms with Crippen molar-refractivity contribution in [1.29, 1.82) is 0 Å². The number of thiazole rings is 1. The summed E-state index contributed by atoms with van der Waals surface area (Å²) in [5.41, 5.74) is 6.69. The number of ether oxygens (including phenoxy) is 1. The number of hydrogen-bond acceptors (Lipinski definition) is 4. The molecule has 3 nitrogen and oxygen atoms in total.